The number of carbonyl (C=O) groups is 3. The molecule has 0 aliphatic carbocycles. The average molecular weight is 639 g/mol. The van der Waals surface area contributed by atoms with E-state index in [1.165, 1.54) is 25.5 Å². The van der Waals surface area contributed by atoms with Crippen LogP contribution in [0.1, 0.15) is 37.9 Å². The third-order valence-electron chi connectivity index (χ3n) is 5.78. The number of rotatable bonds is 14. The van der Waals surface area contributed by atoms with Gasteiger partial charge in [-0.1, -0.05) is 29.3 Å². The largest absolute Gasteiger partial charge is 0.490 e. The molecule has 1 heterocycles. The highest BCUT2D eigenvalue weighted by Gasteiger charge is 2.32. The summed E-state index contributed by atoms with van der Waals surface area (Å²) in [5.74, 6) is -0.393. The minimum atomic E-state index is -1.26. The molecule has 13 nitrogen and oxygen atoms in total. The number of methoxy groups -OCH3 is 1. The highest BCUT2D eigenvalue weighted by Crippen LogP contribution is 2.35. The van der Waals surface area contributed by atoms with Gasteiger partial charge in [0, 0.05) is 16.3 Å². The van der Waals surface area contributed by atoms with Gasteiger partial charge in [-0.15, -0.1) is 0 Å². The zero-order valence-corrected chi connectivity index (χ0v) is 25.4. The number of ether oxygens (including phenoxy) is 5. The van der Waals surface area contributed by atoms with Crippen molar-refractivity contribution >= 4 is 47.4 Å². The number of halogens is 2. The zero-order chi connectivity index (χ0) is 31.5. The maximum Gasteiger partial charge on any atom is 0.344 e. The molecular weight excluding hydrogens is 607 g/mol. The summed E-state index contributed by atoms with van der Waals surface area (Å²) in [6, 6.07) is 6.59. The Morgan fingerprint density at radius 1 is 1.12 bits per heavy atom. The lowest BCUT2D eigenvalue weighted by atomic mass is 9.95. The lowest BCUT2D eigenvalue weighted by Gasteiger charge is -2.28. The monoisotopic (exact) mass is 638 g/mol. The molecule has 0 radical (unpaired) electrons. The molecule has 3 rings (SSSR count). The Labute approximate surface area is 258 Å². The summed E-state index contributed by atoms with van der Waals surface area (Å²) >= 11 is 12.3. The number of aliphatic hydroxyl groups excluding tert-OH is 1. The van der Waals surface area contributed by atoms with Crippen molar-refractivity contribution in [2.45, 2.75) is 33.0 Å². The first-order valence-electron chi connectivity index (χ1n) is 13.1. The predicted molar refractivity (Wildman–Crippen MR) is 158 cm³/mol. The normalized spacial score (nSPS) is 15.3. The van der Waals surface area contributed by atoms with E-state index in [0.29, 0.717) is 40.0 Å². The maximum absolute atomic E-state index is 12.4. The fourth-order valence-electron chi connectivity index (χ4n) is 3.98. The van der Waals surface area contributed by atoms with Gasteiger partial charge in [0.15, 0.2) is 24.3 Å². The number of carbonyl (C=O) groups excluding carboxylic acids is 3. The van der Waals surface area contributed by atoms with Crippen molar-refractivity contribution in [2.24, 2.45) is 5.10 Å². The van der Waals surface area contributed by atoms with Crippen molar-refractivity contribution in [3.63, 3.8) is 0 Å². The fraction of sp³-hybridized carbons (Fsp3) is 0.357. The van der Waals surface area contributed by atoms with Crippen LogP contribution in [0, 0.1) is 0 Å². The van der Waals surface area contributed by atoms with Crippen molar-refractivity contribution in [2.75, 3.05) is 33.5 Å². The third-order valence-corrected chi connectivity index (χ3v) is 6.28. The molecule has 232 valence electrons. The number of nitrogens with zero attached hydrogens (tertiary/aromatic N) is 1. The Balaban J connectivity index is 1.70. The molecule has 1 aliphatic rings. The molecule has 1 aliphatic heterocycles. The summed E-state index contributed by atoms with van der Waals surface area (Å²) in [7, 11) is 1.26. The van der Waals surface area contributed by atoms with Crippen LogP contribution < -0.4 is 30.3 Å². The maximum atomic E-state index is 12.4. The van der Waals surface area contributed by atoms with Crippen molar-refractivity contribution in [1.29, 1.82) is 0 Å². The van der Waals surface area contributed by atoms with E-state index in [-0.39, 0.29) is 36.2 Å². The second-order valence-electron chi connectivity index (χ2n) is 8.81. The molecule has 4 N–H and O–H groups in total. The molecule has 2 aromatic rings. The summed E-state index contributed by atoms with van der Waals surface area (Å²) < 4.78 is 26.7. The first-order chi connectivity index (χ1) is 20.6. The lowest BCUT2D eigenvalue weighted by Crippen LogP contribution is -2.45. The van der Waals surface area contributed by atoms with Gasteiger partial charge in [-0.2, -0.15) is 5.10 Å². The van der Waals surface area contributed by atoms with Crippen LogP contribution in [0.25, 0.3) is 0 Å². The molecule has 2 amide bonds. The summed E-state index contributed by atoms with van der Waals surface area (Å²) in [5.41, 5.74) is 4.02. The summed E-state index contributed by atoms with van der Waals surface area (Å²) in [4.78, 5) is 36.2. The Kier molecular flexibility index (Phi) is 12.3. The van der Waals surface area contributed by atoms with E-state index in [1.54, 1.807) is 39.0 Å². The summed E-state index contributed by atoms with van der Waals surface area (Å²) in [6.45, 7) is 4.95. The van der Waals surface area contributed by atoms with Gasteiger partial charge in [-0.3, -0.25) is 5.43 Å². The van der Waals surface area contributed by atoms with Gasteiger partial charge < -0.3 is 39.4 Å². The first-order valence-corrected chi connectivity index (χ1v) is 13.8. The molecule has 2 atom stereocenters. The smallest absolute Gasteiger partial charge is 0.344 e. The van der Waals surface area contributed by atoms with Crippen LogP contribution in [-0.2, 0) is 19.1 Å². The van der Waals surface area contributed by atoms with Gasteiger partial charge in [0.25, 0.3) is 0 Å². The van der Waals surface area contributed by atoms with Crippen molar-refractivity contribution in [1.82, 2.24) is 16.1 Å². The third kappa shape index (κ3) is 9.14. The van der Waals surface area contributed by atoms with Crippen LogP contribution in [0.4, 0.5) is 4.79 Å². The quantitative estimate of drug-likeness (QED) is 0.104. The fourth-order valence-corrected chi connectivity index (χ4v) is 4.54. The van der Waals surface area contributed by atoms with Gasteiger partial charge in [0.05, 0.1) is 43.2 Å². The molecule has 2 aromatic carbocycles. The lowest BCUT2D eigenvalue weighted by molar-refractivity contribution is -0.145. The minimum Gasteiger partial charge on any atom is -0.490 e. The molecule has 0 unspecified atom stereocenters. The van der Waals surface area contributed by atoms with Crippen molar-refractivity contribution < 1.29 is 43.2 Å². The van der Waals surface area contributed by atoms with E-state index in [4.69, 9.17) is 46.9 Å². The van der Waals surface area contributed by atoms with Gasteiger partial charge in [0.2, 0.25) is 0 Å². The number of amides is 2. The topological polar surface area (TPSA) is 166 Å². The molecule has 0 bridgehead atoms. The van der Waals surface area contributed by atoms with Gasteiger partial charge >= 0.3 is 18.0 Å². The Hall–Kier alpha value is -4.20. The minimum absolute atomic E-state index is 0.155. The molecule has 0 aromatic heterocycles. The zero-order valence-electron chi connectivity index (χ0n) is 23.9. The number of benzene rings is 2. The van der Waals surface area contributed by atoms with Crippen LogP contribution in [0.15, 0.2) is 46.7 Å². The van der Waals surface area contributed by atoms with E-state index in [2.05, 4.69) is 21.2 Å². The Morgan fingerprint density at radius 2 is 1.88 bits per heavy atom. The van der Waals surface area contributed by atoms with Crippen LogP contribution in [0.5, 0.6) is 17.2 Å². The van der Waals surface area contributed by atoms with Crippen molar-refractivity contribution in [3.05, 3.63) is 62.8 Å². The van der Waals surface area contributed by atoms with Crippen LogP contribution in [-0.4, -0.2) is 69.1 Å². The SMILES string of the molecule is CCOC(=O)COc1c(Cl)cc(Cl)cc1/C=N/N[C@@H](O)COc1ccc([C@H]2NC(=O)NC(C)=C2C(=O)OC)cc1OCC. The Morgan fingerprint density at radius 3 is 2.58 bits per heavy atom. The number of aliphatic hydroxyl groups is 1. The highest BCUT2D eigenvalue weighted by atomic mass is 35.5. The average Bonchev–Trinajstić information content (AvgIpc) is 2.95. The number of urea groups is 1. The standard InChI is InChI=1S/C28H32Cl2N4O9/c1-5-40-21-10-16(25-24(27(37)39-4)15(3)32-28(38)33-25)7-8-20(21)42-13-22(35)34-31-12-17-9-18(29)11-19(30)26(17)43-14-23(36)41-6-2/h7-12,22,25,34-35H,5-6,13-14H2,1-4H3,(H2,32,33,38)/b31-12+/t22-,25+/m0/s1. The van der Waals surface area contributed by atoms with Crippen LogP contribution in [0.3, 0.4) is 0 Å². The number of allylic oxidation sites excluding steroid dienone is 1. The number of esters is 2. The van der Waals surface area contributed by atoms with Crippen LogP contribution >= 0.6 is 23.2 Å². The second kappa shape index (κ2) is 15.9. The highest BCUT2D eigenvalue weighted by molar-refractivity contribution is 6.36. The van der Waals surface area contributed by atoms with Gasteiger partial charge in [-0.05, 0) is 50.6 Å². The van der Waals surface area contributed by atoms with E-state index in [0.717, 1.165) is 0 Å². The molecular formula is C28H32Cl2N4O9. The molecule has 0 fully saturated rings. The molecule has 0 saturated carbocycles. The van der Waals surface area contributed by atoms with E-state index in [9.17, 15) is 19.5 Å². The van der Waals surface area contributed by atoms with Gasteiger partial charge in [-0.25, -0.2) is 14.4 Å². The second-order valence-corrected chi connectivity index (χ2v) is 9.66. The molecule has 15 heteroatoms. The summed E-state index contributed by atoms with van der Waals surface area (Å²) in [6.07, 6.45) is 0.0491. The summed E-state index contributed by atoms with van der Waals surface area (Å²) in [5, 5.41) is 20.2. The molecule has 0 saturated heterocycles. The number of hydrazone groups is 1. The van der Waals surface area contributed by atoms with E-state index >= 15 is 0 Å². The Bertz CT molecular complexity index is 1400. The number of nitrogens with one attached hydrogen (secondary N) is 3. The first kappa shape index (κ1) is 33.3. The van der Waals surface area contributed by atoms with E-state index in [1.807, 2.05) is 0 Å². The predicted octanol–water partition coefficient (Wildman–Crippen LogP) is 3.46. The van der Waals surface area contributed by atoms with E-state index < -0.39 is 30.2 Å². The van der Waals surface area contributed by atoms with Crippen LogP contribution in [0.2, 0.25) is 10.0 Å². The van der Waals surface area contributed by atoms with Crippen molar-refractivity contribution in [3.8, 4) is 17.2 Å². The number of hydrogen-bond acceptors (Lipinski definition) is 11. The molecule has 0 spiro atoms. The number of hydrogen-bond donors (Lipinski definition) is 4. The molecule has 43 heavy (non-hydrogen) atoms. The van der Waals surface area contributed by atoms with Gasteiger partial charge in [0.1, 0.15) is 12.4 Å².